The summed E-state index contributed by atoms with van der Waals surface area (Å²) in [5.41, 5.74) is 0.367. The van der Waals surface area contributed by atoms with Crippen molar-refractivity contribution in [3.05, 3.63) is 29.6 Å². The smallest absolute Gasteiger partial charge is 0.168 e. The zero-order valence-electron chi connectivity index (χ0n) is 11.1. The van der Waals surface area contributed by atoms with Gasteiger partial charge in [0.25, 0.3) is 0 Å². The average molecular weight is 267 g/mol. The molecule has 0 radical (unpaired) electrons. The third-order valence-corrected chi connectivity index (χ3v) is 3.49. The molecule has 1 saturated heterocycles. The fourth-order valence-corrected chi connectivity index (χ4v) is 2.33. The van der Waals surface area contributed by atoms with Crippen molar-refractivity contribution in [2.45, 2.75) is 12.5 Å². The summed E-state index contributed by atoms with van der Waals surface area (Å²) in [5.74, 6) is -0.518. The van der Waals surface area contributed by atoms with E-state index >= 15 is 0 Å². The highest BCUT2D eigenvalue weighted by atomic mass is 19.1. The van der Waals surface area contributed by atoms with Gasteiger partial charge in [0.1, 0.15) is 5.78 Å². The number of ether oxygens (including phenoxy) is 2. The molecule has 2 rings (SSSR count). The van der Waals surface area contributed by atoms with Crippen LogP contribution in [0.3, 0.4) is 0 Å². The molecule has 1 aromatic carbocycles. The number of benzene rings is 1. The van der Waals surface area contributed by atoms with Gasteiger partial charge in [0.05, 0.1) is 26.2 Å². The van der Waals surface area contributed by atoms with Crippen LogP contribution in [0.5, 0.6) is 5.75 Å². The summed E-state index contributed by atoms with van der Waals surface area (Å²) in [6, 6.07) is 4.85. The highest BCUT2D eigenvalue weighted by Gasteiger charge is 2.33. The molecular formula is C14H18FNO3. The van der Waals surface area contributed by atoms with E-state index in [2.05, 4.69) is 5.32 Å². The number of likely N-dealkylation sites (N-methyl/N-ethyl adjacent to an activating group) is 1. The normalized spacial score (nSPS) is 22.5. The lowest BCUT2D eigenvalue weighted by Gasteiger charge is -2.16. The molecule has 0 saturated carbocycles. The fraction of sp³-hybridized carbons (Fsp3) is 0.500. The SMILES string of the molecule is CNC1COCC1C(=O)Cc1cccc(OC)c1F. The summed E-state index contributed by atoms with van der Waals surface area (Å²) < 4.78 is 24.2. The number of halogens is 1. The van der Waals surface area contributed by atoms with Crippen molar-refractivity contribution in [1.82, 2.24) is 5.32 Å². The second-order valence-corrected chi connectivity index (χ2v) is 4.62. The fourth-order valence-electron chi connectivity index (χ4n) is 2.33. The van der Waals surface area contributed by atoms with Crippen molar-refractivity contribution in [2.24, 2.45) is 5.92 Å². The van der Waals surface area contributed by atoms with Crippen LogP contribution in [0.25, 0.3) is 0 Å². The first-order chi connectivity index (χ1) is 9.17. The number of carbonyl (C=O) groups excluding carboxylic acids is 1. The van der Waals surface area contributed by atoms with Crippen LogP contribution in [-0.2, 0) is 16.0 Å². The summed E-state index contributed by atoms with van der Waals surface area (Å²) in [4.78, 5) is 12.2. The second kappa shape index (κ2) is 6.12. The lowest BCUT2D eigenvalue weighted by molar-refractivity contribution is -0.122. The molecule has 1 fully saturated rings. The molecule has 0 spiro atoms. The van der Waals surface area contributed by atoms with E-state index in [0.29, 0.717) is 18.8 Å². The Morgan fingerprint density at radius 1 is 1.53 bits per heavy atom. The monoisotopic (exact) mass is 267 g/mol. The summed E-state index contributed by atoms with van der Waals surface area (Å²) in [6.07, 6.45) is 0.0647. The molecule has 2 unspecified atom stereocenters. The van der Waals surface area contributed by atoms with Gasteiger partial charge in [0.15, 0.2) is 11.6 Å². The molecule has 1 heterocycles. The molecule has 1 aromatic rings. The van der Waals surface area contributed by atoms with Crippen molar-refractivity contribution < 1.29 is 18.7 Å². The van der Waals surface area contributed by atoms with Gasteiger partial charge in [0.2, 0.25) is 0 Å². The van der Waals surface area contributed by atoms with Gasteiger partial charge in [-0.2, -0.15) is 0 Å². The van der Waals surface area contributed by atoms with Gasteiger partial charge < -0.3 is 14.8 Å². The number of methoxy groups -OCH3 is 1. The first kappa shape index (κ1) is 14.0. The summed E-state index contributed by atoms with van der Waals surface area (Å²) in [7, 11) is 3.21. The van der Waals surface area contributed by atoms with Gasteiger partial charge in [-0.1, -0.05) is 12.1 Å². The minimum atomic E-state index is -0.460. The lowest BCUT2D eigenvalue weighted by atomic mass is 9.93. The Labute approximate surface area is 111 Å². The minimum absolute atomic E-state index is 0.0102. The van der Waals surface area contributed by atoms with E-state index in [-0.39, 0.29) is 29.9 Å². The quantitative estimate of drug-likeness (QED) is 0.870. The van der Waals surface area contributed by atoms with E-state index in [1.165, 1.54) is 7.11 Å². The molecular weight excluding hydrogens is 249 g/mol. The summed E-state index contributed by atoms with van der Waals surface area (Å²) in [5, 5.41) is 3.05. The van der Waals surface area contributed by atoms with Gasteiger partial charge >= 0.3 is 0 Å². The van der Waals surface area contributed by atoms with Crippen LogP contribution in [0.15, 0.2) is 18.2 Å². The standard InChI is InChI=1S/C14H18FNO3/c1-16-11-8-19-7-10(11)12(17)6-9-4-3-5-13(18-2)14(9)15/h3-5,10-11,16H,6-8H2,1-2H3. The van der Waals surface area contributed by atoms with Crippen LogP contribution in [0, 0.1) is 11.7 Å². The van der Waals surface area contributed by atoms with Gasteiger partial charge in [-0.05, 0) is 18.7 Å². The molecule has 5 heteroatoms. The van der Waals surface area contributed by atoms with E-state index in [0.717, 1.165) is 0 Å². The van der Waals surface area contributed by atoms with E-state index in [1.807, 2.05) is 0 Å². The number of ketones is 1. The van der Waals surface area contributed by atoms with Crippen molar-refractivity contribution in [2.75, 3.05) is 27.4 Å². The maximum Gasteiger partial charge on any atom is 0.168 e. The van der Waals surface area contributed by atoms with Crippen LogP contribution in [0.1, 0.15) is 5.56 Å². The molecule has 0 aliphatic carbocycles. The Balaban J connectivity index is 2.11. The van der Waals surface area contributed by atoms with Gasteiger partial charge in [-0.3, -0.25) is 4.79 Å². The van der Waals surface area contributed by atoms with Crippen molar-refractivity contribution in [3.63, 3.8) is 0 Å². The number of hydrogen-bond donors (Lipinski definition) is 1. The topological polar surface area (TPSA) is 47.6 Å². The van der Waals surface area contributed by atoms with Crippen LogP contribution in [0.2, 0.25) is 0 Å². The Hall–Kier alpha value is -1.46. The molecule has 1 N–H and O–H groups in total. The molecule has 1 aliphatic rings. The average Bonchev–Trinajstić information content (AvgIpc) is 2.89. The summed E-state index contributed by atoms with van der Waals surface area (Å²) >= 11 is 0. The summed E-state index contributed by atoms with van der Waals surface area (Å²) in [6.45, 7) is 0.920. The van der Waals surface area contributed by atoms with Crippen molar-refractivity contribution >= 4 is 5.78 Å². The third-order valence-electron chi connectivity index (χ3n) is 3.49. The zero-order valence-corrected chi connectivity index (χ0v) is 11.1. The highest BCUT2D eigenvalue weighted by molar-refractivity contribution is 5.84. The molecule has 2 atom stereocenters. The van der Waals surface area contributed by atoms with Gasteiger partial charge in [-0.15, -0.1) is 0 Å². The Morgan fingerprint density at radius 2 is 2.32 bits per heavy atom. The van der Waals surface area contributed by atoms with E-state index in [1.54, 1.807) is 25.2 Å². The molecule has 104 valence electrons. The van der Waals surface area contributed by atoms with E-state index < -0.39 is 5.82 Å². The van der Waals surface area contributed by atoms with Crippen LogP contribution >= 0.6 is 0 Å². The van der Waals surface area contributed by atoms with Crippen molar-refractivity contribution in [1.29, 1.82) is 0 Å². The molecule has 1 aliphatic heterocycles. The Morgan fingerprint density at radius 3 is 3.00 bits per heavy atom. The minimum Gasteiger partial charge on any atom is -0.494 e. The Kier molecular flexibility index (Phi) is 4.50. The molecule has 19 heavy (non-hydrogen) atoms. The predicted molar refractivity (Wildman–Crippen MR) is 68.8 cm³/mol. The maximum atomic E-state index is 14.0. The first-order valence-electron chi connectivity index (χ1n) is 6.26. The largest absolute Gasteiger partial charge is 0.494 e. The number of carbonyl (C=O) groups is 1. The second-order valence-electron chi connectivity index (χ2n) is 4.62. The number of nitrogens with one attached hydrogen (secondary N) is 1. The zero-order chi connectivity index (χ0) is 13.8. The lowest BCUT2D eigenvalue weighted by Crippen LogP contribution is -2.37. The highest BCUT2D eigenvalue weighted by Crippen LogP contribution is 2.23. The van der Waals surface area contributed by atoms with Crippen LogP contribution < -0.4 is 10.1 Å². The van der Waals surface area contributed by atoms with E-state index in [9.17, 15) is 9.18 Å². The molecule has 0 amide bonds. The number of rotatable bonds is 5. The van der Waals surface area contributed by atoms with Crippen LogP contribution in [-0.4, -0.2) is 39.2 Å². The van der Waals surface area contributed by atoms with E-state index in [4.69, 9.17) is 9.47 Å². The van der Waals surface area contributed by atoms with Crippen molar-refractivity contribution in [3.8, 4) is 5.75 Å². The van der Waals surface area contributed by atoms with Gasteiger partial charge in [-0.25, -0.2) is 4.39 Å². The first-order valence-corrected chi connectivity index (χ1v) is 6.26. The van der Waals surface area contributed by atoms with Gasteiger partial charge in [0, 0.05) is 12.5 Å². The third kappa shape index (κ3) is 2.93. The number of Topliss-reactive ketones (excluding diaryl/α,β-unsaturated/α-hetero) is 1. The van der Waals surface area contributed by atoms with Crippen LogP contribution in [0.4, 0.5) is 4.39 Å². The maximum absolute atomic E-state index is 14.0. The molecule has 0 bridgehead atoms. The molecule has 0 aromatic heterocycles. The molecule has 4 nitrogen and oxygen atoms in total. The Bertz CT molecular complexity index is 464. The predicted octanol–water partition coefficient (Wildman–Crippen LogP) is 1.18. The number of hydrogen-bond acceptors (Lipinski definition) is 4.